The molecule has 3 aromatic heterocycles. The molecule has 0 saturated heterocycles. The van der Waals surface area contributed by atoms with Crippen molar-refractivity contribution in [1.82, 2.24) is 14.6 Å². The third-order valence-corrected chi connectivity index (χ3v) is 6.32. The van der Waals surface area contributed by atoms with Crippen molar-refractivity contribution in [1.29, 1.82) is 0 Å². The summed E-state index contributed by atoms with van der Waals surface area (Å²) in [5.74, 6) is -0.176. The minimum absolute atomic E-state index is 0.108. The average Bonchev–Trinajstić information content (AvgIpc) is 3.51. The molecule has 1 N–H and O–H groups in total. The molecule has 0 saturated carbocycles. The second-order valence-electron chi connectivity index (χ2n) is 7.20. The number of fused-ring (bicyclic) bond motifs is 1. The molecule has 0 atom stereocenters. The molecule has 0 aliphatic rings. The Bertz CT molecular complexity index is 1590. The largest absolute Gasteiger partial charge is 0.455 e. The number of nitro groups is 1. The Morgan fingerprint density at radius 1 is 1.14 bits per heavy atom. The van der Waals surface area contributed by atoms with Gasteiger partial charge in [-0.25, -0.2) is 9.50 Å². The van der Waals surface area contributed by atoms with Gasteiger partial charge in [-0.1, -0.05) is 29.3 Å². The molecule has 35 heavy (non-hydrogen) atoms. The molecule has 0 aliphatic heterocycles. The lowest BCUT2D eigenvalue weighted by Gasteiger charge is -2.10. The summed E-state index contributed by atoms with van der Waals surface area (Å²) >= 11 is 13.6. The van der Waals surface area contributed by atoms with E-state index in [0.717, 1.165) is 10.6 Å². The van der Waals surface area contributed by atoms with Crippen LogP contribution in [0.3, 0.4) is 0 Å². The minimum Gasteiger partial charge on any atom is -0.455 e. The van der Waals surface area contributed by atoms with Gasteiger partial charge in [0.2, 0.25) is 0 Å². The maximum atomic E-state index is 13.1. The molecule has 174 valence electrons. The Balaban J connectivity index is 1.47. The van der Waals surface area contributed by atoms with Gasteiger partial charge in [-0.05, 0) is 35.7 Å². The molecule has 9 nitrogen and oxygen atoms in total. The van der Waals surface area contributed by atoms with Gasteiger partial charge in [-0.15, -0.1) is 11.3 Å². The summed E-state index contributed by atoms with van der Waals surface area (Å²) in [5.41, 5.74) is 1.22. The zero-order valence-corrected chi connectivity index (χ0v) is 19.8. The van der Waals surface area contributed by atoms with Crippen molar-refractivity contribution in [2.75, 3.05) is 5.32 Å². The van der Waals surface area contributed by atoms with Gasteiger partial charge >= 0.3 is 0 Å². The summed E-state index contributed by atoms with van der Waals surface area (Å²) in [6.07, 6.45) is 3.00. The zero-order chi connectivity index (χ0) is 24.5. The number of anilines is 1. The summed E-state index contributed by atoms with van der Waals surface area (Å²) in [4.78, 5) is 29.2. The normalized spacial score (nSPS) is 10.9. The molecule has 2 aromatic carbocycles. The van der Waals surface area contributed by atoms with Gasteiger partial charge < -0.3 is 10.1 Å². The fourth-order valence-corrected chi connectivity index (χ4v) is 4.55. The number of non-ortho nitro benzene ring substituents is 1. The fourth-order valence-electron chi connectivity index (χ4n) is 3.37. The predicted octanol–water partition coefficient (Wildman–Crippen LogP) is 6.72. The van der Waals surface area contributed by atoms with Crippen LogP contribution in [0, 0.1) is 10.1 Å². The molecule has 0 aliphatic carbocycles. The molecule has 0 radical (unpaired) electrons. The van der Waals surface area contributed by atoms with Gasteiger partial charge in [0, 0.05) is 23.4 Å². The topological polar surface area (TPSA) is 112 Å². The number of nitrogens with one attached hydrogen (secondary N) is 1. The first-order chi connectivity index (χ1) is 16.9. The first-order valence-corrected chi connectivity index (χ1v) is 11.6. The van der Waals surface area contributed by atoms with Crippen LogP contribution in [0.2, 0.25) is 10.0 Å². The number of nitrogens with zero attached hydrogens (tertiary/aromatic N) is 4. The second-order valence-corrected chi connectivity index (χ2v) is 9.00. The third kappa shape index (κ3) is 4.67. The Kier molecular flexibility index (Phi) is 6.08. The van der Waals surface area contributed by atoms with Crippen LogP contribution in [0.15, 0.2) is 72.4 Å². The van der Waals surface area contributed by atoms with Crippen molar-refractivity contribution < 1.29 is 14.5 Å². The number of benzene rings is 2. The van der Waals surface area contributed by atoms with Crippen molar-refractivity contribution >= 4 is 57.5 Å². The maximum absolute atomic E-state index is 13.1. The van der Waals surface area contributed by atoms with Crippen LogP contribution in [0.4, 0.5) is 11.4 Å². The van der Waals surface area contributed by atoms with Crippen LogP contribution in [0.25, 0.3) is 16.2 Å². The van der Waals surface area contributed by atoms with Gasteiger partial charge in [-0.3, -0.25) is 14.9 Å². The number of carbonyl (C=O) groups excluding carboxylic acids is 1. The molecule has 12 heteroatoms. The standard InChI is InChI=1S/C23H13Cl2N5O4S/c24-13-3-4-20(18(25)8-13)34-16-10-14(9-15(11-16)30(32)33)28-23(31)17-12-27-29-19(5-6-26-22(17)29)21-2-1-7-35-21/h1-12H,(H,28,31). The van der Waals surface area contributed by atoms with E-state index in [2.05, 4.69) is 15.4 Å². The molecule has 0 spiro atoms. The number of carbonyl (C=O) groups is 1. The van der Waals surface area contributed by atoms with Gasteiger partial charge in [0.15, 0.2) is 5.65 Å². The van der Waals surface area contributed by atoms with E-state index in [9.17, 15) is 14.9 Å². The van der Waals surface area contributed by atoms with Gasteiger partial charge in [-0.2, -0.15) is 5.10 Å². The molecular weight excluding hydrogens is 513 g/mol. The summed E-state index contributed by atoms with van der Waals surface area (Å²) < 4.78 is 7.30. The number of aromatic nitrogens is 3. The molecule has 3 heterocycles. The van der Waals surface area contributed by atoms with E-state index in [1.807, 2.05) is 17.5 Å². The highest BCUT2D eigenvalue weighted by atomic mass is 35.5. The molecule has 0 fully saturated rings. The number of amides is 1. The maximum Gasteiger partial charge on any atom is 0.275 e. The average molecular weight is 526 g/mol. The molecule has 1 amide bonds. The van der Waals surface area contributed by atoms with E-state index in [4.69, 9.17) is 27.9 Å². The van der Waals surface area contributed by atoms with Crippen molar-refractivity contribution in [3.05, 3.63) is 98.1 Å². The van der Waals surface area contributed by atoms with Crippen LogP contribution in [-0.2, 0) is 0 Å². The summed E-state index contributed by atoms with van der Waals surface area (Å²) in [7, 11) is 0. The fraction of sp³-hybridized carbons (Fsp3) is 0. The van der Waals surface area contributed by atoms with Gasteiger partial charge in [0.05, 0.1) is 38.5 Å². The molecule has 0 bridgehead atoms. The van der Waals surface area contributed by atoms with Crippen molar-refractivity contribution in [3.8, 4) is 22.1 Å². The number of thiophene rings is 1. The number of nitro benzene ring substituents is 1. The Hall–Kier alpha value is -3.99. The van der Waals surface area contributed by atoms with Crippen LogP contribution in [0.1, 0.15) is 10.4 Å². The number of rotatable bonds is 6. The van der Waals surface area contributed by atoms with E-state index in [0.29, 0.717) is 10.7 Å². The monoisotopic (exact) mass is 525 g/mol. The third-order valence-electron chi connectivity index (χ3n) is 4.90. The minimum atomic E-state index is -0.587. The van der Waals surface area contributed by atoms with E-state index >= 15 is 0 Å². The number of halogens is 2. The van der Waals surface area contributed by atoms with E-state index in [1.54, 1.807) is 22.8 Å². The summed E-state index contributed by atoms with van der Waals surface area (Å²) in [6.45, 7) is 0. The first kappa shape index (κ1) is 22.8. The Morgan fingerprint density at radius 3 is 2.74 bits per heavy atom. The van der Waals surface area contributed by atoms with Gasteiger partial charge in [0.1, 0.15) is 17.1 Å². The van der Waals surface area contributed by atoms with Gasteiger partial charge in [0.25, 0.3) is 11.6 Å². The van der Waals surface area contributed by atoms with Crippen molar-refractivity contribution in [2.45, 2.75) is 0 Å². The lowest BCUT2D eigenvalue weighted by atomic mass is 10.2. The molecular formula is C23H13Cl2N5O4S. The highest BCUT2D eigenvalue weighted by Gasteiger charge is 2.19. The highest BCUT2D eigenvalue weighted by molar-refractivity contribution is 7.13. The van der Waals surface area contributed by atoms with E-state index < -0.39 is 10.8 Å². The quantitative estimate of drug-likeness (QED) is 0.194. The highest BCUT2D eigenvalue weighted by Crippen LogP contribution is 2.35. The van der Waals surface area contributed by atoms with E-state index in [-0.39, 0.29) is 33.5 Å². The summed E-state index contributed by atoms with van der Waals surface area (Å²) in [6, 6.07) is 14.2. The number of hydrogen-bond donors (Lipinski definition) is 1. The lowest BCUT2D eigenvalue weighted by molar-refractivity contribution is -0.384. The summed E-state index contributed by atoms with van der Waals surface area (Å²) in [5, 5.41) is 21.1. The molecule has 0 unspecified atom stereocenters. The van der Waals surface area contributed by atoms with E-state index in [1.165, 1.54) is 47.9 Å². The SMILES string of the molecule is O=C(Nc1cc(Oc2ccc(Cl)cc2Cl)cc([N+](=O)[O-])c1)c1cnn2c(-c3cccs3)ccnc12. The van der Waals surface area contributed by atoms with Crippen LogP contribution < -0.4 is 10.1 Å². The number of hydrogen-bond acceptors (Lipinski definition) is 7. The smallest absolute Gasteiger partial charge is 0.275 e. The predicted molar refractivity (Wildman–Crippen MR) is 134 cm³/mol. The zero-order valence-electron chi connectivity index (χ0n) is 17.5. The Morgan fingerprint density at radius 2 is 2.00 bits per heavy atom. The second kappa shape index (κ2) is 9.34. The van der Waals surface area contributed by atoms with Crippen molar-refractivity contribution in [3.63, 3.8) is 0 Å². The first-order valence-electron chi connectivity index (χ1n) is 9.99. The number of ether oxygens (including phenoxy) is 1. The molecule has 5 rings (SSSR count). The van der Waals surface area contributed by atoms with Crippen LogP contribution in [0.5, 0.6) is 11.5 Å². The van der Waals surface area contributed by atoms with Crippen LogP contribution >= 0.6 is 34.5 Å². The van der Waals surface area contributed by atoms with Crippen molar-refractivity contribution in [2.24, 2.45) is 0 Å². The lowest BCUT2D eigenvalue weighted by Crippen LogP contribution is -2.12. The molecule has 5 aromatic rings. The Labute approximate surface area is 211 Å². The van der Waals surface area contributed by atoms with Crippen LogP contribution in [-0.4, -0.2) is 25.4 Å².